The van der Waals surface area contributed by atoms with Gasteiger partial charge < -0.3 is 9.84 Å². The molecule has 0 aliphatic heterocycles. The molecule has 1 aromatic heterocycles. The molecule has 94 valence electrons. The molecule has 0 atom stereocenters. The standard InChI is InChI=1S/C13H13FN2O2/c1-9-8-12(16-18-9)13(17)15-7-6-10-4-2-3-5-11(10)14/h2-5,8H,6-7H2,1H3,(H,15,17). The second kappa shape index (κ2) is 5.44. The van der Waals surface area contributed by atoms with Crippen LogP contribution in [0.15, 0.2) is 34.9 Å². The maximum absolute atomic E-state index is 13.3. The predicted molar refractivity (Wildman–Crippen MR) is 63.7 cm³/mol. The lowest BCUT2D eigenvalue weighted by atomic mass is 10.1. The zero-order valence-electron chi connectivity index (χ0n) is 9.94. The van der Waals surface area contributed by atoms with E-state index in [4.69, 9.17) is 4.52 Å². The summed E-state index contributed by atoms with van der Waals surface area (Å²) in [6.07, 6.45) is 0.440. The fourth-order valence-corrected chi connectivity index (χ4v) is 1.58. The highest BCUT2D eigenvalue weighted by Gasteiger charge is 2.10. The van der Waals surface area contributed by atoms with Gasteiger partial charge in [-0.25, -0.2) is 4.39 Å². The number of nitrogens with one attached hydrogen (secondary N) is 1. The second-order valence-corrected chi connectivity index (χ2v) is 3.92. The Hall–Kier alpha value is -2.17. The van der Waals surface area contributed by atoms with Crippen molar-refractivity contribution < 1.29 is 13.7 Å². The predicted octanol–water partition coefficient (Wildman–Crippen LogP) is 2.09. The SMILES string of the molecule is Cc1cc(C(=O)NCCc2ccccc2F)no1. The summed E-state index contributed by atoms with van der Waals surface area (Å²) >= 11 is 0. The molecule has 2 rings (SSSR count). The highest BCUT2D eigenvalue weighted by Crippen LogP contribution is 2.06. The van der Waals surface area contributed by atoms with Crippen LogP contribution in [-0.4, -0.2) is 17.6 Å². The first kappa shape index (κ1) is 12.3. The average molecular weight is 248 g/mol. The van der Waals surface area contributed by atoms with Crippen LogP contribution < -0.4 is 5.32 Å². The zero-order valence-corrected chi connectivity index (χ0v) is 9.94. The van der Waals surface area contributed by atoms with Crippen LogP contribution in [0, 0.1) is 12.7 Å². The van der Waals surface area contributed by atoms with Crippen molar-refractivity contribution in [2.45, 2.75) is 13.3 Å². The van der Waals surface area contributed by atoms with E-state index in [-0.39, 0.29) is 17.4 Å². The zero-order chi connectivity index (χ0) is 13.0. The average Bonchev–Trinajstić information content (AvgIpc) is 2.78. The smallest absolute Gasteiger partial charge is 0.273 e. The van der Waals surface area contributed by atoms with Crippen LogP contribution in [0.4, 0.5) is 4.39 Å². The van der Waals surface area contributed by atoms with E-state index >= 15 is 0 Å². The molecule has 1 aromatic carbocycles. The lowest BCUT2D eigenvalue weighted by Crippen LogP contribution is -2.26. The first-order valence-electron chi connectivity index (χ1n) is 5.62. The fraction of sp³-hybridized carbons (Fsp3) is 0.231. The van der Waals surface area contributed by atoms with E-state index in [0.717, 1.165) is 0 Å². The Morgan fingerprint density at radius 1 is 1.44 bits per heavy atom. The molecule has 0 saturated heterocycles. The first-order chi connectivity index (χ1) is 8.66. The molecule has 0 unspecified atom stereocenters. The van der Waals surface area contributed by atoms with Gasteiger partial charge in [0.15, 0.2) is 5.69 Å². The van der Waals surface area contributed by atoms with Gasteiger partial charge in [-0.15, -0.1) is 0 Å². The number of hydrogen-bond donors (Lipinski definition) is 1. The molecule has 5 heteroatoms. The highest BCUT2D eigenvalue weighted by atomic mass is 19.1. The van der Waals surface area contributed by atoms with Crippen molar-refractivity contribution in [1.82, 2.24) is 10.5 Å². The minimum atomic E-state index is -0.316. The normalized spacial score (nSPS) is 10.3. The first-order valence-corrected chi connectivity index (χ1v) is 5.62. The van der Waals surface area contributed by atoms with Crippen molar-refractivity contribution in [3.63, 3.8) is 0 Å². The van der Waals surface area contributed by atoms with Crippen LogP contribution in [0.5, 0.6) is 0 Å². The summed E-state index contributed by atoms with van der Waals surface area (Å²) in [5.41, 5.74) is 0.815. The Kier molecular flexibility index (Phi) is 3.72. The van der Waals surface area contributed by atoms with Crippen molar-refractivity contribution in [2.75, 3.05) is 6.54 Å². The van der Waals surface area contributed by atoms with E-state index in [1.807, 2.05) is 0 Å². The molecule has 1 N–H and O–H groups in total. The largest absolute Gasteiger partial charge is 0.361 e. The molecule has 0 fully saturated rings. The lowest BCUT2D eigenvalue weighted by molar-refractivity contribution is 0.0945. The van der Waals surface area contributed by atoms with Gasteiger partial charge in [-0.2, -0.15) is 0 Å². The number of halogens is 1. The second-order valence-electron chi connectivity index (χ2n) is 3.92. The van der Waals surface area contributed by atoms with Crippen LogP contribution in [0.1, 0.15) is 21.8 Å². The molecule has 4 nitrogen and oxygen atoms in total. The van der Waals surface area contributed by atoms with Crippen molar-refractivity contribution in [3.8, 4) is 0 Å². The van der Waals surface area contributed by atoms with E-state index in [2.05, 4.69) is 10.5 Å². The number of benzene rings is 1. The van der Waals surface area contributed by atoms with Gasteiger partial charge in [-0.1, -0.05) is 23.4 Å². The van der Waals surface area contributed by atoms with Gasteiger partial charge >= 0.3 is 0 Å². The minimum Gasteiger partial charge on any atom is -0.361 e. The van der Waals surface area contributed by atoms with Crippen LogP contribution in [0.25, 0.3) is 0 Å². The number of carbonyl (C=O) groups is 1. The summed E-state index contributed by atoms with van der Waals surface area (Å²) in [7, 11) is 0. The number of carbonyl (C=O) groups excluding carboxylic acids is 1. The molecule has 0 aliphatic rings. The van der Waals surface area contributed by atoms with Crippen LogP contribution in [0.2, 0.25) is 0 Å². The van der Waals surface area contributed by atoms with Crippen molar-refractivity contribution >= 4 is 5.91 Å². The number of aryl methyl sites for hydroxylation is 1. The highest BCUT2D eigenvalue weighted by molar-refractivity contribution is 5.92. The molecule has 2 aromatic rings. The molecule has 1 amide bonds. The number of rotatable bonds is 4. The van der Waals surface area contributed by atoms with E-state index in [0.29, 0.717) is 24.3 Å². The maximum atomic E-state index is 13.3. The molecule has 0 aliphatic carbocycles. The molecular weight excluding hydrogens is 235 g/mol. The Morgan fingerprint density at radius 3 is 2.89 bits per heavy atom. The van der Waals surface area contributed by atoms with Crippen LogP contribution >= 0.6 is 0 Å². The number of amides is 1. The Balaban J connectivity index is 1.86. The maximum Gasteiger partial charge on any atom is 0.273 e. The summed E-state index contributed by atoms with van der Waals surface area (Å²) in [6.45, 7) is 2.06. The molecule has 0 radical (unpaired) electrons. The fourth-order valence-electron chi connectivity index (χ4n) is 1.58. The Bertz CT molecular complexity index is 551. The van der Waals surface area contributed by atoms with Gasteiger partial charge in [0.1, 0.15) is 11.6 Å². The lowest BCUT2D eigenvalue weighted by Gasteiger charge is -2.04. The number of aromatic nitrogens is 1. The monoisotopic (exact) mass is 248 g/mol. The Labute approximate surface area is 104 Å². The van der Waals surface area contributed by atoms with E-state index in [1.165, 1.54) is 6.07 Å². The van der Waals surface area contributed by atoms with Gasteiger partial charge in [0.2, 0.25) is 0 Å². The third-order valence-corrected chi connectivity index (χ3v) is 2.50. The molecule has 0 spiro atoms. The van der Waals surface area contributed by atoms with Gasteiger partial charge in [-0.3, -0.25) is 4.79 Å². The summed E-state index contributed by atoms with van der Waals surface area (Å²) in [6, 6.07) is 8.05. The third-order valence-electron chi connectivity index (χ3n) is 2.50. The van der Waals surface area contributed by atoms with Gasteiger partial charge in [0.05, 0.1) is 0 Å². The molecule has 18 heavy (non-hydrogen) atoms. The van der Waals surface area contributed by atoms with Gasteiger partial charge in [0.25, 0.3) is 5.91 Å². The molecule has 0 saturated carbocycles. The summed E-state index contributed by atoms with van der Waals surface area (Å²) < 4.78 is 18.1. The van der Waals surface area contributed by atoms with E-state index < -0.39 is 0 Å². The topological polar surface area (TPSA) is 55.1 Å². The molecular formula is C13H13FN2O2. The summed E-state index contributed by atoms with van der Waals surface area (Å²) in [5.74, 6) is 0.00136. The summed E-state index contributed by atoms with van der Waals surface area (Å²) in [4.78, 5) is 11.6. The van der Waals surface area contributed by atoms with Crippen LogP contribution in [-0.2, 0) is 6.42 Å². The number of hydrogen-bond acceptors (Lipinski definition) is 3. The van der Waals surface area contributed by atoms with E-state index in [9.17, 15) is 9.18 Å². The molecule has 0 bridgehead atoms. The van der Waals surface area contributed by atoms with E-state index in [1.54, 1.807) is 31.2 Å². The quantitative estimate of drug-likeness (QED) is 0.901. The Morgan fingerprint density at radius 2 is 2.22 bits per heavy atom. The molecule has 1 heterocycles. The van der Waals surface area contributed by atoms with Crippen molar-refractivity contribution in [3.05, 3.63) is 53.2 Å². The van der Waals surface area contributed by atoms with Gasteiger partial charge in [0, 0.05) is 12.6 Å². The minimum absolute atomic E-state index is 0.237. The van der Waals surface area contributed by atoms with Crippen molar-refractivity contribution in [2.24, 2.45) is 0 Å². The van der Waals surface area contributed by atoms with Crippen LogP contribution in [0.3, 0.4) is 0 Å². The van der Waals surface area contributed by atoms with Gasteiger partial charge in [-0.05, 0) is 25.0 Å². The third kappa shape index (κ3) is 2.94. The summed E-state index contributed by atoms with van der Waals surface area (Å²) in [5, 5.41) is 6.26. The van der Waals surface area contributed by atoms with Crippen molar-refractivity contribution in [1.29, 1.82) is 0 Å². The number of nitrogens with zero attached hydrogens (tertiary/aromatic N) is 1.